The van der Waals surface area contributed by atoms with Gasteiger partial charge in [0.25, 0.3) is 0 Å². The van der Waals surface area contributed by atoms with Crippen LogP contribution in [0.5, 0.6) is 0 Å². The number of hydrogen-bond donors (Lipinski definition) is 1. The molecule has 0 amide bonds. The van der Waals surface area contributed by atoms with E-state index in [-0.39, 0.29) is 6.04 Å². The first-order valence-corrected chi connectivity index (χ1v) is 4.78. The molecule has 1 heterocycles. The summed E-state index contributed by atoms with van der Waals surface area (Å²) in [5.74, 6) is 0.515. The van der Waals surface area contributed by atoms with Crippen LogP contribution in [-0.2, 0) is 13.5 Å². The van der Waals surface area contributed by atoms with Gasteiger partial charge in [0, 0.05) is 18.8 Å². The Morgan fingerprint density at radius 3 is 2.54 bits per heavy atom. The largest absolute Gasteiger partial charge is 0.328 e. The Balaban J connectivity index is 2.94. The molecule has 2 N–H and O–H groups in total. The summed E-state index contributed by atoms with van der Waals surface area (Å²) in [5.41, 5.74) is 8.35. The molecule has 1 unspecified atom stereocenters. The lowest BCUT2D eigenvalue weighted by molar-refractivity contribution is 0.654. The minimum absolute atomic E-state index is 0.210. The Labute approximate surface area is 79.9 Å². The van der Waals surface area contributed by atoms with Crippen LogP contribution >= 0.6 is 0 Å². The number of nitrogens with two attached hydrogens (primary N) is 1. The molecule has 3 heteroatoms. The van der Waals surface area contributed by atoms with Crippen LogP contribution in [-0.4, -0.2) is 15.8 Å². The van der Waals surface area contributed by atoms with Gasteiger partial charge in [-0.2, -0.15) is 5.10 Å². The van der Waals surface area contributed by atoms with Crippen LogP contribution in [0.3, 0.4) is 0 Å². The fraction of sp³-hybridized carbons (Fsp3) is 0.700. The summed E-state index contributed by atoms with van der Waals surface area (Å²) in [5, 5.41) is 4.25. The molecular formula is C10H19N3. The molecule has 0 aliphatic rings. The van der Waals surface area contributed by atoms with E-state index in [1.807, 2.05) is 24.9 Å². The van der Waals surface area contributed by atoms with Crippen molar-refractivity contribution in [1.82, 2.24) is 9.78 Å². The van der Waals surface area contributed by atoms with E-state index in [1.54, 1.807) is 0 Å². The van der Waals surface area contributed by atoms with E-state index in [9.17, 15) is 0 Å². The van der Waals surface area contributed by atoms with Gasteiger partial charge in [-0.1, -0.05) is 13.8 Å². The highest BCUT2D eigenvalue weighted by Crippen LogP contribution is 2.19. The molecule has 0 aliphatic carbocycles. The van der Waals surface area contributed by atoms with Gasteiger partial charge < -0.3 is 5.73 Å². The molecule has 1 rings (SSSR count). The maximum atomic E-state index is 5.77. The van der Waals surface area contributed by atoms with E-state index < -0.39 is 0 Å². The molecular weight excluding hydrogens is 162 g/mol. The fourth-order valence-electron chi connectivity index (χ4n) is 1.74. The van der Waals surface area contributed by atoms with Gasteiger partial charge in [0.2, 0.25) is 0 Å². The first kappa shape index (κ1) is 10.3. The summed E-state index contributed by atoms with van der Waals surface area (Å²) in [6.07, 6.45) is 2.85. The minimum atomic E-state index is 0.210. The van der Waals surface area contributed by atoms with E-state index in [2.05, 4.69) is 18.9 Å². The van der Waals surface area contributed by atoms with Crippen LogP contribution in [0.1, 0.15) is 37.9 Å². The van der Waals surface area contributed by atoms with Crippen molar-refractivity contribution in [2.24, 2.45) is 12.8 Å². The third-order valence-corrected chi connectivity index (χ3v) is 2.15. The molecule has 13 heavy (non-hydrogen) atoms. The number of rotatable bonds is 3. The van der Waals surface area contributed by atoms with Crippen LogP contribution < -0.4 is 5.73 Å². The minimum Gasteiger partial charge on any atom is -0.328 e. The van der Waals surface area contributed by atoms with E-state index >= 15 is 0 Å². The molecule has 0 radical (unpaired) electrons. The normalized spacial score (nSPS) is 13.7. The summed E-state index contributed by atoms with van der Waals surface area (Å²) in [7, 11) is 1.99. The third kappa shape index (κ3) is 2.31. The second kappa shape index (κ2) is 3.92. The molecule has 74 valence electrons. The van der Waals surface area contributed by atoms with Crippen molar-refractivity contribution < 1.29 is 0 Å². The molecule has 0 aliphatic heterocycles. The van der Waals surface area contributed by atoms with Crippen LogP contribution in [0.15, 0.2) is 6.20 Å². The Kier molecular flexibility index (Phi) is 3.09. The van der Waals surface area contributed by atoms with Gasteiger partial charge in [0.1, 0.15) is 0 Å². The maximum Gasteiger partial charge on any atom is 0.0525 e. The van der Waals surface area contributed by atoms with Crippen molar-refractivity contribution in [2.45, 2.75) is 39.2 Å². The highest BCUT2D eigenvalue weighted by Gasteiger charge is 2.12. The molecule has 0 aromatic carbocycles. The lowest BCUT2D eigenvalue weighted by Crippen LogP contribution is -2.18. The Bertz CT molecular complexity index is 274. The summed E-state index contributed by atoms with van der Waals surface area (Å²) in [6, 6.07) is 0.210. The average molecular weight is 181 g/mol. The highest BCUT2D eigenvalue weighted by molar-refractivity contribution is 5.21. The van der Waals surface area contributed by atoms with Crippen LogP contribution in [0.4, 0.5) is 0 Å². The van der Waals surface area contributed by atoms with E-state index in [1.165, 1.54) is 11.3 Å². The summed E-state index contributed by atoms with van der Waals surface area (Å²) >= 11 is 0. The predicted octanol–water partition coefficient (Wildman–Crippen LogP) is 1.43. The molecule has 0 saturated carbocycles. The van der Waals surface area contributed by atoms with E-state index in [0.717, 1.165) is 6.42 Å². The van der Waals surface area contributed by atoms with Crippen LogP contribution in [0.25, 0.3) is 0 Å². The van der Waals surface area contributed by atoms with Crippen molar-refractivity contribution >= 4 is 0 Å². The lowest BCUT2D eigenvalue weighted by atomic mass is 10.0. The number of aryl methyl sites for hydroxylation is 1. The van der Waals surface area contributed by atoms with Gasteiger partial charge in [-0.3, -0.25) is 4.68 Å². The molecule has 0 saturated heterocycles. The second-order valence-electron chi connectivity index (χ2n) is 4.01. The number of hydrogen-bond acceptors (Lipinski definition) is 2. The maximum absolute atomic E-state index is 5.77. The summed E-state index contributed by atoms with van der Waals surface area (Å²) < 4.78 is 1.95. The Morgan fingerprint density at radius 1 is 1.46 bits per heavy atom. The van der Waals surface area contributed by atoms with E-state index in [0.29, 0.717) is 5.92 Å². The summed E-state index contributed by atoms with van der Waals surface area (Å²) in [6.45, 7) is 6.39. The summed E-state index contributed by atoms with van der Waals surface area (Å²) in [4.78, 5) is 0. The van der Waals surface area contributed by atoms with Gasteiger partial charge in [-0.15, -0.1) is 0 Å². The smallest absolute Gasteiger partial charge is 0.0525 e. The van der Waals surface area contributed by atoms with Crippen molar-refractivity contribution in [3.05, 3.63) is 17.5 Å². The molecule has 1 aromatic heterocycles. The zero-order chi connectivity index (χ0) is 10.0. The second-order valence-corrected chi connectivity index (χ2v) is 4.01. The molecule has 3 nitrogen and oxygen atoms in total. The lowest BCUT2D eigenvalue weighted by Gasteiger charge is -2.10. The monoisotopic (exact) mass is 181 g/mol. The number of nitrogens with zero attached hydrogens (tertiary/aromatic N) is 2. The van der Waals surface area contributed by atoms with Crippen molar-refractivity contribution in [1.29, 1.82) is 0 Å². The molecule has 1 atom stereocenters. The standard InChI is InChI=1S/C10H19N3/c1-7(2)10-9(5-8(3)11)6-12-13(10)4/h6-8H,5,11H2,1-4H3. The fourth-order valence-corrected chi connectivity index (χ4v) is 1.74. The molecule has 1 aromatic rings. The van der Waals surface area contributed by atoms with Crippen molar-refractivity contribution in [3.63, 3.8) is 0 Å². The van der Waals surface area contributed by atoms with Crippen molar-refractivity contribution in [2.75, 3.05) is 0 Å². The third-order valence-electron chi connectivity index (χ3n) is 2.15. The van der Waals surface area contributed by atoms with Gasteiger partial charge in [0.15, 0.2) is 0 Å². The van der Waals surface area contributed by atoms with E-state index in [4.69, 9.17) is 5.73 Å². The Morgan fingerprint density at radius 2 is 2.08 bits per heavy atom. The highest BCUT2D eigenvalue weighted by atomic mass is 15.3. The predicted molar refractivity (Wildman–Crippen MR) is 54.7 cm³/mol. The van der Waals surface area contributed by atoms with Gasteiger partial charge in [-0.05, 0) is 24.8 Å². The first-order chi connectivity index (χ1) is 6.02. The molecule has 0 fully saturated rings. The number of aromatic nitrogens is 2. The SMILES string of the molecule is CC(N)Cc1cnn(C)c1C(C)C. The first-order valence-electron chi connectivity index (χ1n) is 4.78. The average Bonchev–Trinajstić information content (AvgIpc) is 2.30. The zero-order valence-electron chi connectivity index (χ0n) is 8.91. The Hall–Kier alpha value is -0.830. The van der Waals surface area contributed by atoms with Crippen LogP contribution in [0, 0.1) is 0 Å². The van der Waals surface area contributed by atoms with Gasteiger partial charge >= 0.3 is 0 Å². The van der Waals surface area contributed by atoms with Crippen molar-refractivity contribution in [3.8, 4) is 0 Å². The molecule has 0 spiro atoms. The van der Waals surface area contributed by atoms with Gasteiger partial charge in [0.05, 0.1) is 6.20 Å². The quantitative estimate of drug-likeness (QED) is 0.766. The molecule has 0 bridgehead atoms. The van der Waals surface area contributed by atoms with Gasteiger partial charge in [-0.25, -0.2) is 0 Å². The zero-order valence-corrected chi connectivity index (χ0v) is 8.91. The topological polar surface area (TPSA) is 43.8 Å². The van der Waals surface area contributed by atoms with Crippen LogP contribution in [0.2, 0.25) is 0 Å².